The lowest BCUT2D eigenvalue weighted by Crippen LogP contribution is -2.42. The predicted molar refractivity (Wildman–Crippen MR) is 110 cm³/mol. The Hall–Kier alpha value is -2.97. The molecule has 1 aliphatic heterocycles. The van der Waals surface area contributed by atoms with Crippen LogP contribution < -0.4 is 19.8 Å². The fourth-order valence-electron chi connectivity index (χ4n) is 2.93. The molecule has 142 valence electrons. The fourth-order valence-corrected chi connectivity index (χ4v) is 4.07. The van der Waals surface area contributed by atoms with E-state index in [9.17, 15) is 14.9 Å². The lowest BCUT2D eigenvalue weighted by atomic mass is 10.2. The molecule has 0 N–H and O–H groups in total. The monoisotopic (exact) mass is 414 g/mol. The van der Waals surface area contributed by atoms with E-state index in [1.807, 2.05) is 30.0 Å². The highest BCUT2D eigenvalue weighted by Gasteiger charge is 2.16. The number of non-ortho nitro benzene ring substituents is 1. The number of benzene rings is 2. The number of hydrogen-bond acceptors (Lipinski definition) is 6. The highest BCUT2D eigenvalue weighted by atomic mass is 35.5. The highest BCUT2D eigenvalue weighted by molar-refractivity contribution is 7.07. The van der Waals surface area contributed by atoms with Crippen molar-refractivity contribution in [3.63, 3.8) is 0 Å². The van der Waals surface area contributed by atoms with E-state index in [4.69, 9.17) is 11.6 Å². The number of aromatic nitrogens is 1. The first-order valence-corrected chi connectivity index (χ1v) is 9.63. The SMILES string of the molecule is Cc1ccc(N2CN=c3sc(=Cc4cccc([N+](=O)[O-])c4)c(=O)n3C2)cc1Cl. The Labute approximate surface area is 168 Å². The van der Waals surface area contributed by atoms with Crippen LogP contribution in [0.3, 0.4) is 0 Å². The number of halogens is 1. The van der Waals surface area contributed by atoms with E-state index in [-0.39, 0.29) is 11.2 Å². The van der Waals surface area contributed by atoms with Crippen molar-refractivity contribution >= 4 is 40.4 Å². The van der Waals surface area contributed by atoms with E-state index >= 15 is 0 Å². The van der Waals surface area contributed by atoms with Crippen LogP contribution in [-0.4, -0.2) is 16.2 Å². The molecule has 4 rings (SSSR count). The molecule has 1 aromatic heterocycles. The Morgan fingerprint density at radius 1 is 1.29 bits per heavy atom. The zero-order chi connectivity index (χ0) is 19.8. The lowest BCUT2D eigenvalue weighted by molar-refractivity contribution is -0.384. The summed E-state index contributed by atoms with van der Waals surface area (Å²) < 4.78 is 2.09. The molecule has 0 bridgehead atoms. The third kappa shape index (κ3) is 3.44. The molecule has 9 heteroatoms. The Morgan fingerprint density at radius 2 is 2.11 bits per heavy atom. The molecule has 28 heavy (non-hydrogen) atoms. The Bertz CT molecular complexity index is 1260. The van der Waals surface area contributed by atoms with Gasteiger partial charge in [-0.1, -0.05) is 41.1 Å². The zero-order valence-electron chi connectivity index (χ0n) is 14.8. The molecule has 0 spiro atoms. The van der Waals surface area contributed by atoms with Crippen LogP contribution in [0.1, 0.15) is 11.1 Å². The molecular weight excluding hydrogens is 400 g/mol. The van der Waals surface area contributed by atoms with Crippen LogP contribution in [0.25, 0.3) is 6.08 Å². The summed E-state index contributed by atoms with van der Waals surface area (Å²) in [5.74, 6) is 0. The van der Waals surface area contributed by atoms with Crippen molar-refractivity contribution in [3.05, 3.63) is 88.4 Å². The van der Waals surface area contributed by atoms with E-state index in [1.54, 1.807) is 22.8 Å². The van der Waals surface area contributed by atoms with E-state index in [1.165, 1.54) is 23.5 Å². The minimum atomic E-state index is -0.455. The van der Waals surface area contributed by atoms with Gasteiger partial charge in [0.1, 0.15) is 13.3 Å². The molecule has 0 unspecified atom stereocenters. The second-order valence-corrected chi connectivity index (χ2v) is 7.81. The number of nitro benzene ring substituents is 1. The van der Waals surface area contributed by atoms with Crippen molar-refractivity contribution in [1.82, 2.24) is 4.57 Å². The van der Waals surface area contributed by atoms with Gasteiger partial charge in [0.2, 0.25) is 0 Å². The number of anilines is 1. The predicted octanol–water partition coefficient (Wildman–Crippen LogP) is 2.66. The van der Waals surface area contributed by atoms with Crippen LogP contribution in [-0.2, 0) is 6.67 Å². The van der Waals surface area contributed by atoms with Crippen molar-refractivity contribution in [2.24, 2.45) is 4.99 Å². The number of fused-ring (bicyclic) bond motifs is 1. The number of rotatable bonds is 3. The average molecular weight is 415 g/mol. The topological polar surface area (TPSA) is 80.7 Å². The second-order valence-electron chi connectivity index (χ2n) is 6.39. The van der Waals surface area contributed by atoms with Gasteiger partial charge in [-0.3, -0.25) is 19.5 Å². The van der Waals surface area contributed by atoms with Crippen LogP contribution in [0, 0.1) is 17.0 Å². The van der Waals surface area contributed by atoms with E-state index < -0.39 is 4.92 Å². The van der Waals surface area contributed by atoms with Gasteiger partial charge in [0, 0.05) is 22.8 Å². The first kappa shape index (κ1) is 18.4. The van der Waals surface area contributed by atoms with Crippen molar-refractivity contribution in [3.8, 4) is 0 Å². The van der Waals surface area contributed by atoms with E-state index in [0.717, 1.165) is 11.3 Å². The summed E-state index contributed by atoms with van der Waals surface area (Å²) in [6.07, 6.45) is 1.66. The minimum Gasteiger partial charge on any atom is -0.334 e. The molecule has 0 amide bonds. The second kappa shape index (κ2) is 7.21. The number of nitro groups is 1. The van der Waals surface area contributed by atoms with E-state index in [2.05, 4.69) is 4.99 Å². The molecule has 2 aromatic carbocycles. The maximum atomic E-state index is 12.8. The molecule has 0 fully saturated rings. The molecule has 0 saturated heterocycles. The smallest absolute Gasteiger partial charge is 0.271 e. The molecular formula is C19H15ClN4O3S. The maximum absolute atomic E-state index is 12.8. The largest absolute Gasteiger partial charge is 0.334 e. The van der Waals surface area contributed by atoms with Gasteiger partial charge >= 0.3 is 0 Å². The number of nitrogens with zero attached hydrogens (tertiary/aromatic N) is 4. The van der Waals surface area contributed by atoms with E-state index in [0.29, 0.717) is 33.3 Å². The molecule has 1 aliphatic rings. The van der Waals surface area contributed by atoms with Crippen LogP contribution in [0.15, 0.2) is 52.3 Å². The number of thiazole rings is 1. The molecule has 0 aliphatic carbocycles. The molecule has 2 heterocycles. The van der Waals surface area contributed by atoms with Crippen LogP contribution >= 0.6 is 22.9 Å². The summed E-state index contributed by atoms with van der Waals surface area (Å²) in [5, 5.41) is 11.6. The standard InChI is InChI=1S/C19H15ClN4O3S/c1-12-5-6-14(9-16(12)20)22-10-21-19-23(11-22)18(25)17(28-19)8-13-3-2-4-15(7-13)24(26)27/h2-9H,10-11H2,1H3. The fraction of sp³-hybridized carbons (Fsp3) is 0.158. The third-order valence-corrected chi connectivity index (χ3v) is 5.93. The maximum Gasteiger partial charge on any atom is 0.271 e. The summed E-state index contributed by atoms with van der Waals surface area (Å²) in [6, 6.07) is 11.9. The molecule has 0 atom stereocenters. The van der Waals surface area contributed by atoms with Gasteiger partial charge in [-0.15, -0.1) is 0 Å². The van der Waals surface area contributed by atoms with Crippen molar-refractivity contribution in [2.45, 2.75) is 13.6 Å². The van der Waals surface area contributed by atoms with Crippen molar-refractivity contribution in [1.29, 1.82) is 0 Å². The summed E-state index contributed by atoms with van der Waals surface area (Å²) in [5.41, 5.74) is 2.31. The van der Waals surface area contributed by atoms with Crippen molar-refractivity contribution < 1.29 is 4.92 Å². The third-order valence-electron chi connectivity index (χ3n) is 4.48. The summed E-state index contributed by atoms with van der Waals surface area (Å²) in [6.45, 7) is 2.73. The van der Waals surface area contributed by atoms with Crippen LogP contribution in [0.4, 0.5) is 11.4 Å². The lowest BCUT2D eigenvalue weighted by Gasteiger charge is -2.26. The summed E-state index contributed by atoms with van der Waals surface area (Å²) >= 11 is 7.50. The quantitative estimate of drug-likeness (QED) is 0.487. The van der Waals surface area contributed by atoms with Crippen LogP contribution in [0.2, 0.25) is 5.02 Å². The van der Waals surface area contributed by atoms with Gasteiger partial charge in [0.15, 0.2) is 4.80 Å². The Kier molecular flexibility index (Phi) is 4.74. The van der Waals surface area contributed by atoms with Gasteiger partial charge in [0.05, 0.1) is 9.46 Å². The summed E-state index contributed by atoms with van der Waals surface area (Å²) in [7, 11) is 0. The van der Waals surface area contributed by atoms with Crippen LogP contribution in [0.5, 0.6) is 0 Å². The Morgan fingerprint density at radius 3 is 2.86 bits per heavy atom. The first-order valence-electron chi connectivity index (χ1n) is 8.44. The highest BCUT2D eigenvalue weighted by Crippen LogP contribution is 2.23. The Balaban J connectivity index is 1.70. The normalized spacial score (nSPS) is 13.9. The minimum absolute atomic E-state index is 0.0118. The zero-order valence-corrected chi connectivity index (χ0v) is 16.4. The molecule has 0 radical (unpaired) electrons. The summed E-state index contributed by atoms with van der Waals surface area (Å²) in [4.78, 5) is 30.4. The average Bonchev–Trinajstić information content (AvgIpc) is 2.99. The molecule has 0 saturated carbocycles. The molecule has 3 aromatic rings. The van der Waals surface area contributed by atoms with Gasteiger partial charge in [-0.2, -0.15) is 0 Å². The number of hydrogen-bond donors (Lipinski definition) is 0. The number of aryl methyl sites for hydroxylation is 1. The first-order chi connectivity index (χ1) is 13.4. The van der Waals surface area contributed by atoms with Crippen molar-refractivity contribution in [2.75, 3.05) is 11.6 Å². The molecule has 7 nitrogen and oxygen atoms in total. The van der Waals surface area contributed by atoms with Gasteiger partial charge in [-0.25, -0.2) is 4.99 Å². The van der Waals surface area contributed by atoms with Gasteiger partial charge in [-0.05, 0) is 36.3 Å². The van der Waals surface area contributed by atoms with Gasteiger partial charge in [0.25, 0.3) is 11.2 Å². The van der Waals surface area contributed by atoms with Gasteiger partial charge < -0.3 is 4.90 Å².